The summed E-state index contributed by atoms with van der Waals surface area (Å²) < 4.78 is 5.69. The van der Waals surface area contributed by atoms with E-state index in [1.807, 2.05) is 24.3 Å². The van der Waals surface area contributed by atoms with Crippen molar-refractivity contribution in [2.45, 2.75) is 32.6 Å². The van der Waals surface area contributed by atoms with E-state index in [0.717, 1.165) is 24.3 Å². The second kappa shape index (κ2) is 10.2. The molecule has 0 bridgehead atoms. The lowest BCUT2D eigenvalue weighted by molar-refractivity contribution is 0.0955. The van der Waals surface area contributed by atoms with Gasteiger partial charge in [0, 0.05) is 12.4 Å². The lowest BCUT2D eigenvalue weighted by atomic mass is 10.2. The fourth-order valence-corrected chi connectivity index (χ4v) is 2.10. The number of aromatic nitrogens is 1. The average Bonchev–Trinajstić information content (AvgIpc) is 2.63. The van der Waals surface area contributed by atoms with Gasteiger partial charge in [0.15, 0.2) is 0 Å². The fraction of sp³-hybridized carbons (Fsp3) is 0.316. The number of amides is 1. The zero-order valence-electron chi connectivity index (χ0n) is 13.9. The summed E-state index contributed by atoms with van der Waals surface area (Å²) in [5, 5.41) is 3.95. The fourth-order valence-electron chi connectivity index (χ4n) is 2.10. The summed E-state index contributed by atoms with van der Waals surface area (Å²) in [5.41, 5.74) is 3.84. The normalized spacial score (nSPS) is 10.7. The van der Waals surface area contributed by atoms with Crippen LogP contribution in [0.25, 0.3) is 0 Å². The van der Waals surface area contributed by atoms with Crippen LogP contribution in [0, 0.1) is 0 Å². The van der Waals surface area contributed by atoms with Crippen LogP contribution in [-0.2, 0) is 0 Å². The summed E-state index contributed by atoms with van der Waals surface area (Å²) in [4.78, 5) is 15.7. The molecule has 1 aromatic heterocycles. The third kappa shape index (κ3) is 6.20. The van der Waals surface area contributed by atoms with Crippen LogP contribution in [0.3, 0.4) is 0 Å². The number of benzene rings is 1. The van der Waals surface area contributed by atoms with E-state index in [1.54, 1.807) is 24.5 Å². The third-order valence-electron chi connectivity index (χ3n) is 3.45. The maximum atomic E-state index is 11.8. The molecule has 0 saturated carbocycles. The Labute approximate surface area is 142 Å². The lowest BCUT2D eigenvalue weighted by Gasteiger charge is -2.05. The van der Waals surface area contributed by atoms with Gasteiger partial charge in [-0.25, -0.2) is 5.43 Å². The van der Waals surface area contributed by atoms with Crippen molar-refractivity contribution in [3.05, 3.63) is 59.9 Å². The first kappa shape index (κ1) is 17.7. The molecule has 0 radical (unpaired) electrons. The van der Waals surface area contributed by atoms with E-state index in [0.29, 0.717) is 5.56 Å². The van der Waals surface area contributed by atoms with Crippen molar-refractivity contribution < 1.29 is 9.53 Å². The highest BCUT2D eigenvalue weighted by Gasteiger charge is 2.02. The van der Waals surface area contributed by atoms with E-state index < -0.39 is 0 Å². The number of unbranched alkanes of at least 4 members (excludes halogenated alkanes) is 3. The second-order valence-electron chi connectivity index (χ2n) is 5.42. The van der Waals surface area contributed by atoms with Crippen LogP contribution in [0.1, 0.15) is 48.5 Å². The lowest BCUT2D eigenvalue weighted by Crippen LogP contribution is -2.17. The van der Waals surface area contributed by atoms with Crippen LogP contribution in [0.4, 0.5) is 0 Å². The molecule has 1 N–H and O–H groups in total. The highest BCUT2D eigenvalue weighted by atomic mass is 16.5. The maximum absolute atomic E-state index is 11.8. The Morgan fingerprint density at radius 1 is 1.21 bits per heavy atom. The van der Waals surface area contributed by atoms with Crippen molar-refractivity contribution in [2.24, 2.45) is 5.10 Å². The average molecular weight is 325 g/mol. The molecule has 1 heterocycles. The molecule has 5 heteroatoms. The minimum Gasteiger partial charge on any atom is -0.494 e. The Hall–Kier alpha value is -2.69. The third-order valence-corrected chi connectivity index (χ3v) is 3.45. The Bertz CT molecular complexity index is 639. The van der Waals surface area contributed by atoms with Crippen molar-refractivity contribution in [3.63, 3.8) is 0 Å². The van der Waals surface area contributed by atoms with E-state index in [1.165, 1.54) is 25.5 Å². The number of ether oxygens (including phenoxy) is 1. The number of hydrogen-bond donors (Lipinski definition) is 1. The Kier molecular flexibility index (Phi) is 7.47. The number of hydrazone groups is 1. The van der Waals surface area contributed by atoms with E-state index in [-0.39, 0.29) is 5.91 Å². The molecular weight excluding hydrogens is 302 g/mol. The molecule has 2 aromatic rings. The standard InChI is InChI=1S/C19H23N3O2/c1-2-3-4-5-13-24-18-10-8-16(9-11-18)14-21-22-19(23)17-7-6-12-20-15-17/h6-12,14-15H,2-5,13H2,1H3,(H,22,23). The summed E-state index contributed by atoms with van der Waals surface area (Å²) >= 11 is 0. The number of hydrogen-bond acceptors (Lipinski definition) is 4. The maximum Gasteiger partial charge on any atom is 0.272 e. The van der Waals surface area contributed by atoms with Crippen LogP contribution < -0.4 is 10.2 Å². The Morgan fingerprint density at radius 3 is 2.75 bits per heavy atom. The molecular formula is C19H23N3O2. The molecule has 0 spiro atoms. The zero-order chi connectivity index (χ0) is 17.0. The predicted octanol–water partition coefficient (Wildman–Crippen LogP) is 3.80. The van der Waals surface area contributed by atoms with Gasteiger partial charge in [-0.3, -0.25) is 9.78 Å². The monoisotopic (exact) mass is 325 g/mol. The summed E-state index contributed by atoms with van der Waals surface area (Å²) in [6.07, 6.45) is 9.48. The first-order chi connectivity index (χ1) is 11.8. The van der Waals surface area contributed by atoms with Gasteiger partial charge in [-0.05, 0) is 48.4 Å². The van der Waals surface area contributed by atoms with E-state index in [4.69, 9.17) is 4.74 Å². The van der Waals surface area contributed by atoms with Crippen molar-refractivity contribution in [3.8, 4) is 5.75 Å². The summed E-state index contributed by atoms with van der Waals surface area (Å²) in [7, 11) is 0. The molecule has 0 unspecified atom stereocenters. The number of nitrogens with zero attached hydrogens (tertiary/aromatic N) is 2. The second-order valence-corrected chi connectivity index (χ2v) is 5.42. The molecule has 126 valence electrons. The molecule has 5 nitrogen and oxygen atoms in total. The molecule has 0 atom stereocenters. The van der Waals surface area contributed by atoms with Crippen LogP contribution in [0.5, 0.6) is 5.75 Å². The van der Waals surface area contributed by atoms with Gasteiger partial charge in [-0.2, -0.15) is 5.10 Å². The number of pyridine rings is 1. The molecule has 0 fully saturated rings. The highest BCUT2D eigenvalue weighted by molar-refractivity contribution is 5.94. The molecule has 0 aliphatic rings. The van der Waals surface area contributed by atoms with E-state index in [9.17, 15) is 4.79 Å². The Morgan fingerprint density at radius 2 is 2.04 bits per heavy atom. The van der Waals surface area contributed by atoms with Gasteiger partial charge >= 0.3 is 0 Å². The van der Waals surface area contributed by atoms with Gasteiger partial charge in [0.25, 0.3) is 5.91 Å². The summed E-state index contributed by atoms with van der Waals surface area (Å²) in [6.45, 7) is 2.94. The van der Waals surface area contributed by atoms with Gasteiger partial charge in [-0.15, -0.1) is 0 Å². The van der Waals surface area contributed by atoms with Crippen molar-refractivity contribution in [1.82, 2.24) is 10.4 Å². The van der Waals surface area contributed by atoms with E-state index in [2.05, 4.69) is 22.4 Å². The highest BCUT2D eigenvalue weighted by Crippen LogP contribution is 2.12. The largest absolute Gasteiger partial charge is 0.494 e. The number of nitrogens with one attached hydrogen (secondary N) is 1. The Balaban J connectivity index is 1.76. The SMILES string of the molecule is CCCCCCOc1ccc(C=NNC(=O)c2cccnc2)cc1. The first-order valence-electron chi connectivity index (χ1n) is 8.26. The summed E-state index contributed by atoms with van der Waals surface area (Å²) in [5.74, 6) is 0.564. The molecule has 0 aliphatic heterocycles. The van der Waals surface area contributed by atoms with Gasteiger partial charge in [-0.1, -0.05) is 26.2 Å². The molecule has 0 aliphatic carbocycles. The minimum absolute atomic E-state index is 0.286. The zero-order valence-corrected chi connectivity index (χ0v) is 13.9. The van der Waals surface area contributed by atoms with Crippen molar-refractivity contribution >= 4 is 12.1 Å². The number of carbonyl (C=O) groups excluding carboxylic acids is 1. The molecule has 24 heavy (non-hydrogen) atoms. The smallest absolute Gasteiger partial charge is 0.272 e. The molecule has 0 saturated heterocycles. The van der Waals surface area contributed by atoms with Crippen LogP contribution >= 0.6 is 0 Å². The van der Waals surface area contributed by atoms with Gasteiger partial charge in [0.05, 0.1) is 18.4 Å². The quantitative estimate of drug-likeness (QED) is 0.433. The van der Waals surface area contributed by atoms with Crippen LogP contribution in [0.2, 0.25) is 0 Å². The minimum atomic E-state index is -0.286. The summed E-state index contributed by atoms with van der Waals surface area (Å²) in [6, 6.07) is 11.0. The number of carbonyl (C=O) groups is 1. The van der Waals surface area contributed by atoms with Crippen molar-refractivity contribution in [2.75, 3.05) is 6.61 Å². The molecule has 1 aromatic carbocycles. The van der Waals surface area contributed by atoms with Gasteiger partial charge < -0.3 is 4.74 Å². The van der Waals surface area contributed by atoms with Crippen LogP contribution in [0.15, 0.2) is 53.9 Å². The predicted molar refractivity (Wildman–Crippen MR) is 95.4 cm³/mol. The molecule has 2 rings (SSSR count). The van der Waals surface area contributed by atoms with Crippen molar-refractivity contribution in [1.29, 1.82) is 0 Å². The first-order valence-corrected chi connectivity index (χ1v) is 8.26. The molecule has 1 amide bonds. The number of rotatable bonds is 9. The topological polar surface area (TPSA) is 63.6 Å². The van der Waals surface area contributed by atoms with Gasteiger partial charge in [0.1, 0.15) is 5.75 Å². The van der Waals surface area contributed by atoms with Gasteiger partial charge in [0.2, 0.25) is 0 Å². The van der Waals surface area contributed by atoms with Crippen LogP contribution in [-0.4, -0.2) is 23.7 Å². The van der Waals surface area contributed by atoms with E-state index >= 15 is 0 Å².